The Bertz CT molecular complexity index is 956. The zero-order valence-electron chi connectivity index (χ0n) is 14.4. The minimum atomic E-state index is -3.73. The molecule has 2 N–H and O–H groups in total. The molecule has 0 heterocycles. The number of aliphatic hydroxyl groups excluding tert-OH is 1. The maximum atomic E-state index is 13.3. The first-order valence-corrected chi connectivity index (χ1v) is 10.5. The molecule has 2 aromatic carbocycles. The SMILES string of the molecule is O=C(Nc1cccc(F)c1)c1ccc(Cl)c(S(=O)(=O)[C@H]2CC[C@H](O)CC2)c1. The van der Waals surface area contributed by atoms with Crippen molar-refractivity contribution < 1.29 is 22.7 Å². The average Bonchev–Trinajstić information content (AvgIpc) is 2.62. The minimum absolute atomic E-state index is 0.0448. The summed E-state index contributed by atoms with van der Waals surface area (Å²) in [4.78, 5) is 12.3. The van der Waals surface area contributed by atoms with Gasteiger partial charge in [0.25, 0.3) is 5.91 Å². The van der Waals surface area contributed by atoms with Gasteiger partial charge in [-0.05, 0) is 62.1 Å². The van der Waals surface area contributed by atoms with Gasteiger partial charge < -0.3 is 10.4 Å². The van der Waals surface area contributed by atoms with Gasteiger partial charge in [-0.2, -0.15) is 0 Å². The Labute approximate surface area is 162 Å². The van der Waals surface area contributed by atoms with Crippen LogP contribution in [-0.4, -0.2) is 30.8 Å². The molecular formula is C19H19ClFNO4S. The van der Waals surface area contributed by atoms with Crippen molar-refractivity contribution in [3.8, 4) is 0 Å². The lowest BCUT2D eigenvalue weighted by Crippen LogP contribution is -2.29. The van der Waals surface area contributed by atoms with Crippen molar-refractivity contribution in [2.24, 2.45) is 0 Å². The third kappa shape index (κ3) is 4.48. The summed E-state index contributed by atoms with van der Waals surface area (Å²) >= 11 is 6.10. The molecule has 144 valence electrons. The zero-order chi connectivity index (χ0) is 19.6. The van der Waals surface area contributed by atoms with Gasteiger partial charge >= 0.3 is 0 Å². The van der Waals surface area contributed by atoms with E-state index in [0.717, 1.165) is 0 Å². The van der Waals surface area contributed by atoms with Crippen LogP contribution in [0.1, 0.15) is 36.0 Å². The maximum absolute atomic E-state index is 13.3. The molecule has 2 aromatic rings. The summed E-state index contributed by atoms with van der Waals surface area (Å²) in [6.07, 6.45) is 1.05. The van der Waals surface area contributed by atoms with Crippen LogP contribution in [0.15, 0.2) is 47.4 Å². The largest absolute Gasteiger partial charge is 0.393 e. The van der Waals surface area contributed by atoms with E-state index in [1.807, 2.05) is 0 Å². The number of carbonyl (C=O) groups is 1. The fourth-order valence-electron chi connectivity index (χ4n) is 3.17. The second-order valence-electron chi connectivity index (χ2n) is 6.59. The summed E-state index contributed by atoms with van der Waals surface area (Å²) < 4.78 is 39.2. The average molecular weight is 412 g/mol. The van der Waals surface area contributed by atoms with E-state index in [1.54, 1.807) is 0 Å². The van der Waals surface area contributed by atoms with Crippen molar-refractivity contribution in [2.75, 3.05) is 5.32 Å². The lowest BCUT2D eigenvalue weighted by atomic mass is 9.97. The molecule has 0 radical (unpaired) electrons. The van der Waals surface area contributed by atoms with Gasteiger partial charge in [0.2, 0.25) is 0 Å². The Morgan fingerprint density at radius 1 is 1.11 bits per heavy atom. The predicted octanol–water partition coefficient (Wildman–Crippen LogP) is 3.81. The highest BCUT2D eigenvalue weighted by Crippen LogP contribution is 2.33. The molecule has 1 aliphatic rings. The summed E-state index contributed by atoms with van der Waals surface area (Å²) in [6.45, 7) is 0. The van der Waals surface area contributed by atoms with Crippen molar-refractivity contribution in [1.29, 1.82) is 0 Å². The van der Waals surface area contributed by atoms with E-state index >= 15 is 0 Å². The van der Waals surface area contributed by atoms with E-state index in [9.17, 15) is 22.7 Å². The van der Waals surface area contributed by atoms with Gasteiger partial charge in [0.05, 0.1) is 21.3 Å². The standard InChI is InChI=1S/C19H19ClFNO4S/c20-17-9-4-12(19(24)22-14-3-1-2-13(21)11-14)10-18(17)27(25,26)16-7-5-15(23)6-8-16/h1-4,9-11,15-16,23H,5-8H2,(H,22,24)/t15-,16-. The number of halogens is 2. The van der Waals surface area contributed by atoms with Gasteiger partial charge in [0.1, 0.15) is 5.82 Å². The highest BCUT2D eigenvalue weighted by Gasteiger charge is 2.33. The van der Waals surface area contributed by atoms with Crippen LogP contribution in [0.4, 0.5) is 10.1 Å². The number of aliphatic hydroxyl groups is 1. The van der Waals surface area contributed by atoms with E-state index in [2.05, 4.69) is 5.32 Å². The number of amides is 1. The van der Waals surface area contributed by atoms with E-state index in [-0.39, 0.29) is 21.2 Å². The van der Waals surface area contributed by atoms with Crippen LogP contribution in [0, 0.1) is 5.82 Å². The number of anilines is 1. The summed E-state index contributed by atoms with van der Waals surface area (Å²) in [7, 11) is -3.73. The van der Waals surface area contributed by atoms with Crippen molar-refractivity contribution >= 4 is 33.0 Å². The molecule has 3 rings (SSSR count). The van der Waals surface area contributed by atoms with E-state index in [0.29, 0.717) is 25.7 Å². The smallest absolute Gasteiger partial charge is 0.255 e. The molecule has 0 bridgehead atoms. The summed E-state index contributed by atoms with van der Waals surface area (Å²) in [5.74, 6) is -1.06. The maximum Gasteiger partial charge on any atom is 0.255 e. The number of sulfone groups is 1. The minimum Gasteiger partial charge on any atom is -0.393 e. The van der Waals surface area contributed by atoms with Crippen molar-refractivity contribution in [3.63, 3.8) is 0 Å². The number of carbonyl (C=O) groups excluding carboxylic acids is 1. The molecule has 0 atom stereocenters. The van der Waals surface area contributed by atoms with Crippen LogP contribution >= 0.6 is 11.6 Å². The van der Waals surface area contributed by atoms with Crippen molar-refractivity contribution in [3.05, 3.63) is 58.9 Å². The molecule has 1 aliphatic carbocycles. The number of hydrogen-bond donors (Lipinski definition) is 2. The summed E-state index contributed by atoms with van der Waals surface area (Å²) in [5.41, 5.74) is 0.374. The Balaban J connectivity index is 1.86. The lowest BCUT2D eigenvalue weighted by Gasteiger charge is -2.25. The molecule has 0 saturated heterocycles. The first-order valence-electron chi connectivity index (χ1n) is 8.56. The van der Waals surface area contributed by atoms with Gasteiger partial charge in [-0.1, -0.05) is 17.7 Å². The van der Waals surface area contributed by atoms with Crippen LogP contribution in [0.5, 0.6) is 0 Å². The van der Waals surface area contributed by atoms with Gasteiger partial charge in [0, 0.05) is 11.3 Å². The van der Waals surface area contributed by atoms with Gasteiger partial charge in [-0.3, -0.25) is 4.79 Å². The molecular weight excluding hydrogens is 393 g/mol. The summed E-state index contributed by atoms with van der Waals surface area (Å²) in [6, 6.07) is 9.44. The highest BCUT2D eigenvalue weighted by atomic mass is 35.5. The Kier molecular flexibility index (Phi) is 5.83. The normalized spacial score (nSPS) is 20.3. The number of nitrogens with one attached hydrogen (secondary N) is 1. The quantitative estimate of drug-likeness (QED) is 0.801. The molecule has 8 heteroatoms. The fraction of sp³-hybridized carbons (Fsp3) is 0.316. The molecule has 0 aromatic heterocycles. The molecule has 5 nitrogen and oxygen atoms in total. The predicted molar refractivity (Wildman–Crippen MR) is 101 cm³/mol. The number of benzene rings is 2. The van der Waals surface area contributed by atoms with Crippen LogP contribution in [0.3, 0.4) is 0 Å². The van der Waals surface area contributed by atoms with Crippen molar-refractivity contribution in [2.45, 2.75) is 41.9 Å². The topological polar surface area (TPSA) is 83.5 Å². The van der Waals surface area contributed by atoms with Crippen LogP contribution in [-0.2, 0) is 9.84 Å². The first-order chi connectivity index (χ1) is 12.8. The molecule has 0 aliphatic heterocycles. The fourth-order valence-corrected chi connectivity index (χ4v) is 5.49. The number of rotatable bonds is 4. The highest BCUT2D eigenvalue weighted by molar-refractivity contribution is 7.92. The second kappa shape index (κ2) is 7.96. The Hall–Kier alpha value is -1.96. The van der Waals surface area contributed by atoms with E-state index in [1.165, 1.54) is 42.5 Å². The third-order valence-electron chi connectivity index (χ3n) is 4.66. The molecule has 1 amide bonds. The first kappa shape index (κ1) is 19.8. The number of hydrogen-bond acceptors (Lipinski definition) is 4. The van der Waals surface area contributed by atoms with E-state index < -0.39 is 32.9 Å². The molecule has 1 fully saturated rings. The van der Waals surface area contributed by atoms with Crippen LogP contribution in [0.25, 0.3) is 0 Å². The monoisotopic (exact) mass is 411 g/mol. The van der Waals surface area contributed by atoms with Crippen LogP contribution < -0.4 is 5.32 Å². The van der Waals surface area contributed by atoms with Crippen molar-refractivity contribution in [1.82, 2.24) is 0 Å². The molecule has 1 saturated carbocycles. The second-order valence-corrected chi connectivity index (χ2v) is 9.19. The van der Waals surface area contributed by atoms with Crippen LogP contribution in [0.2, 0.25) is 5.02 Å². The third-order valence-corrected chi connectivity index (χ3v) is 7.41. The zero-order valence-corrected chi connectivity index (χ0v) is 15.9. The van der Waals surface area contributed by atoms with Gasteiger partial charge in [-0.25, -0.2) is 12.8 Å². The summed E-state index contributed by atoms with van der Waals surface area (Å²) in [5, 5.41) is 11.5. The molecule has 0 unspecified atom stereocenters. The van der Waals surface area contributed by atoms with E-state index in [4.69, 9.17) is 11.6 Å². The molecule has 27 heavy (non-hydrogen) atoms. The van der Waals surface area contributed by atoms with Gasteiger partial charge in [0.15, 0.2) is 9.84 Å². The molecule has 0 spiro atoms. The Morgan fingerprint density at radius 2 is 1.81 bits per heavy atom. The lowest BCUT2D eigenvalue weighted by molar-refractivity contribution is 0.102. The Morgan fingerprint density at radius 3 is 2.48 bits per heavy atom. The van der Waals surface area contributed by atoms with Gasteiger partial charge in [-0.15, -0.1) is 0 Å².